The van der Waals surface area contributed by atoms with Gasteiger partial charge in [-0.15, -0.1) is 12.3 Å². The molecule has 1 fully saturated rings. The van der Waals surface area contributed by atoms with Crippen molar-refractivity contribution in [2.45, 2.75) is 24.8 Å². The van der Waals surface area contributed by atoms with E-state index in [1.165, 1.54) is 0 Å². The summed E-state index contributed by atoms with van der Waals surface area (Å²) in [5.74, 6) is 1.38. The Morgan fingerprint density at radius 2 is 2.29 bits per heavy atom. The molecule has 0 aromatic rings. The van der Waals surface area contributed by atoms with Gasteiger partial charge in [0.2, 0.25) is 0 Å². The van der Waals surface area contributed by atoms with Crippen LogP contribution in [0.15, 0.2) is 0 Å². The van der Waals surface area contributed by atoms with Crippen LogP contribution in [-0.4, -0.2) is 42.4 Å². The van der Waals surface area contributed by atoms with Crippen molar-refractivity contribution < 1.29 is 19.4 Å². The van der Waals surface area contributed by atoms with Crippen molar-refractivity contribution >= 4 is 12.0 Å². The second-order valence-electron chi connectivity index (χ2n) is 3.88. The molecule has 2 amide bonds. The van der Waals surface area contributed by atoms with E-state index in [9.17, 15) is 9.59 Å². The molecular formula is C11H16N2O4. The Balaban J connectivity index is 2.38. The fraction of sp³-hybridized carbons (Fsp3) is 0.636. The molecule has 0 radical (unpaired) electrons. The van der Waals surface area contributed by atoms with Crippen LogP contribution in [-0.2, 0) is 9.53 Å². The third-order valence-corrected chi connectivity index (χ3v) is 2.57. The monoisotopic (exact) mass is 240 g/mol. The number of hydrogen-bond donors (Lipinski definition) is 3. The second-order valence-corrected chi connectivity index (χ2v) is 3.88. The summed E-state index contributed by atoms with van der Waals surface area (Å²) in [7, 11) is 0. The molecule has 1 rings (SSSR count). The minimum absolute atomic E-state index is 0.000108. The molecule has 1 heterocycles. The normalized spacial score (nSPS) is 22.8. The number of hydrogen-bond acceptors (Lipinski definition) is 3. The Morgan fingerprint density at radius 3 is 2.82 bits per heavy atom. The van der Waals surface area contributed by atoms with Gasteiger partial charge in [0.1, 0.15) is 0 Å². The number of unbranched alkanes of at least 4 members (excludes halogenated alkanes) is 1. The van der Waals surface area contributed by atoms with Crippen molar-refractivity contribution in [1.29, 1.82) is 0 Å². The van der Waals surface area contributed by atoms with Crippen molar-refractivity contribution in [2.75, 3.05) is 19.8 Å². The van der Waals surface area contributed by atoms with E-state index in [1.54, 1.807) is 0 Å². The van der Waals surface area contributed by atoms with E-state index in [0.29, 0.717) is 26.0 Å². The Morgan fingerprint density at radius 1 is 1.53 bits per heavy atom. The van der Waals surface area contributed by atoms with Crippen LogP contribution in [0.2, 0.25) is 0 Å². The number of terminal acetylenes is 1. The first-order valence-electron chi connectivity index (χ1n) is 5.41. The second kappa shape index (κ2) is 6.11. The highest BCUT2D eigenvalue weighted by Gasteiger charge is 2.43. The Kier molecular flexibility index (Phi) is 4.79. The summed E-state index contributed by atoms with van der Waals surface area (Å²) in [5.41, 5.74) is -1.30. The predicted molar refractivity (Wildman–Crippen MR) is 60.4 cm³/mol. The minimum Gasteiger partial charge on any atom is -0.479 e. The number of carboxylic acids is 1. The van der Waals surface area contributed by atoms with E-state index in [2.05, 4.69) is 16.6 Å². The van der Waals surface area contributed by atoms with E-state index in [1.807, 2.05) is 0 Å². The molecule has 1 atom stereocenters. The molecule has 3 N–H and O–H groups in total. The number of nitrogens with one attached hydrogen (secondary N) is 2. The maximum absolute atomic E-state index is 11.5. The van der Waals surface area contributed by atoms with Crippen LogP contribution in [0, 0.1) is 12.3 Å². The molecule has 6 nitrogen and oxygen atoms in total. The van der Waals surface area contributed by atoms with Crippen molar-refractivity contribution in [3.8, 4) is 12.3 Å². The third-order valence-electron chi connectivity index (χ3n) is 2.57. The van der Waals surface area contributed by atoms with E-state index in [0.717, 1.165) is 0 Å². The standard InChI is InChI=1S/C11H16N2O4/c1-2-3-4-6-12-10(16)13-11(9(14)15)5-7-17-8-11/h1H,3-8H2,(H,14,15)(H2,12,13,16). The maximum atomic E-state index is 11.5. The summed E-state index contributed by atoms with van der Waals surface area (Å²) in [4.78, 5) is 22.6. The fourth-order valence-electron chi connectivity index (χ4n) is 1.54. The van der Waals surface area contributed by atoms with E-state index < -0.39 is 17.5 Å². The number of amides is 2. The molecule has 0 aromatic carbocycles. The average Bonchev–Trinajstić information content (AvgIpc) is 2.74. The van der Waals surface area contributed by atoms with Crippen LogP contribution < -0.4 is 10.6 Å². The zero-order chi connectivity index (χ0) is 12.7. The van der Waals surface area contributed by atoms with Crippen LogP contribution in [0.3, 0.4) is 0 Å². The van der Waals surface area contributed by atoms with Crippen molar-refractivity contribution in [1.82, 2.24) is 10.6 Å². The van der Waals surface area contributed by atoms with Gasteiger partial charge < -0.3 is 20.5 Å². The van der Waals surface area contributed by atoms with Gasteiger partial charge in [-0.25, -0.2) is 9.59 Å². The lowest BCUT2D eigenvalue weighted by Gasteiger charge is -2.23. The summed E-state index contributed by atoms with van der Waals surface area (Å²) in [6, 6.07) is -0.505. The van der Waals surface area contributed by atoms with Gasteiger partial charge in [-0.1, -0.05) is 0 Å². The molecule has 17 heavy (non-hydrogen) atoms. The smallest absolute Gasteiger partial charge is 0.332 e. The molecule has 0 spiro atoms. The maximum Gasteiger partial charge on any atom is 0.332 e. The zero-order valence-electron chi connectivity index (χ0n) is 9.49. The summed E-state index contributed by atoms with van der Waals surface area (Å²) >= 11 is 0. The zero-order valence-corrected chi connectivity index (χ0v) is 9.49. The fourth-order valence-corrected chi connectivity index (χ4v) is 1.54. The molecule has 0 saturated carbocycles. The molecule has 1 aliphatic rings. The molecule has 1 saturated heterocycles. The predicted octanol–water partition coefficient (Wildman–Crippen LogP) is -0.0573. The highest BCUT2D eigenvalue weighted by molar-refractivity contribution is 5.86. The minimum atomic E-state index is -1.30. The van der Waals surface area contributed by atoms with Crippen molar-refractivity contribution in [3.05, 3.63) is 0 Å². The average molecular weight is 240 g/mol. The van der Waals surface area contributed by atoms with Crippen molar-refractivity contribution in [3.63, 3.8) is 0 Å². The van der Waals surface area contributed by atoms with Crippen LogP contribution in [0.25, 0.3) is 0 Å². The molecule has 0 bridgehead atoms. The summed E-state index contributed by atoms with van der Waals surface area (Å²) < 4.78 is 5.02. The summed E-state index contributed by atoms with van der Waals surface area (Å²) in [5, 5.41) is 14.1. The van der Waals surface area contributed by atoms with Crippen LogP contribution in [0.1, 0.15) is 19.3 Å². The molecule has 1 aliphatic heterocycles. The number of carboxylic acid groups (broad SMARTS) is 1. The van der Waals surface area contributed by atoms with Crippen LogP contribution in [0.4, 0.5) is 4.79 Å². The first kappa shape index (κ1) is 13.3. The lowest BCUT2D eigenvalue weighted by atomic mass is 9.99. The first-order valence-corrected chi connectivity index (χ1v) is 5.41. The molecule has 0 aliphatic carbocycles. The molecule has 94 valence electrons. The highest BCUT2D eigenvalue weighted by atomic mass is 16.5. The van der Waals surface area contributed by atoms with Crippen LogP contribution >= 0.6 is 0 Å². The lowest BCUT2D eigenvalue weighted by Crippen LogP contribution is -2.57. The Bertz CT molecular complexity index is 329. The topological polar surface area (TPSA) is 87.7 Å². The summed E-state index contributed by atoms with van der Waals surface area (Å²) in [6.45, 7) is 0.760. The van der Waals surface area contributed by atoms with E-state index in [4.69, 9.17) is 16.3 Å². The number of ether oxygens (including phenoxy) is 1. The van der Waals surface area contributed by atoms with Crippen LogP contribution in [0.5, 0.6) is 0 Å². The number of carbonyl (C=O) groups excluding carboxylic acids is 1. The van der Waals surface area contributed by atoms with Gasteiger partial charge in [-0.3, -0.25) is 0 Å². The van der Waals surface area contributed by atoms with E-state index >= 15 is 0 Å². The number of carbonyl (C=O) groups is 2. The van der Waals surface area contributed by atoms with Gasteiger partial charge in [0.15, 0.2) is 5.54 Å². The van der Waals surface area contributed by atoms with Gasteiger partial charge >= 0.3 is 12.0 Å². The van der Waals surface area contributed by atoms with Crippen molar-refractivity contribution in [2.24, 2.45) is 0 Å². The lowest BCUT2D eigenvalue weighted by molar-refractivity contribution is -0.144. The van der Waals surface area contributed by atoms with Gasteiger partial charge in [-0.05, 0) is 6.42 Å². The SMILES string of the molecule is C#CCCCNC(=O)NC1(C(=O)O)CCOC1. The Labute approximate surface area is 99.7 Å². The third kappa shape index (κ3) is 3.64. The van der Waals surface area contributed by atoms with Gasteiger partial charge in [0.05, 0.1) is 6.61 Å². The van der Waals surface area contributed by atoms with E-state index in [-0.39, 0.29) is 13.0 Å². The summed E-state index contributed by atoms with van der Waals surface area (Å²) in [6.07, 6.45) is 6.59. The van der Waals surface area contributed by atoms with Gasteiger partial charge in [0, 0.05) is 26.0 Å². The highest BCUT2D eigenvalue weighted by Crippen LogP contribution is 2.18. The van der Waals surface area contributed by atoms with Gasteiger partial charge in [-0.2, -0.15) is 0 Å². The number of aliphatic carboxylic acids is 1. The molecule has 0 aromatic heterocycles. The Hall–Kier alpha value is -1.74. The number of rotatable bonds is 5. The molecular weight excluding hydrogens is 224 g/mol. The molecule has 6 heteroatoms. The molecule has 1 unspecified atom stereocenters. The van der Waals surface area contributed by atoms with Gasteiger partial charge in [0.25, 0.3) is 0 Å². The first-order chi connectivity index (χ1) is 8.10. The number of urea groups is 1. The quantitative estimate of drug-likeness (QED) is 0.464. The largest absolute Gasteiger partial charge is 0.479 e.